The minimum absolute atomic E-state index is 0.295. The van der Waals surface area contributed by atoms with E-state index < -0.39 is 16.4 Å². The van der Waals surface area contributed by atoms with E-state index in [-0.39, 0.29) is 0 Å². The van der Waals surface area contributed by atoms with E-state index in [1.807, 2.05) is 30.3 Å². The summed E-state index contributed by atoms with van der Waals surface area (Å²) < 4.78 is 11.3. The maximum atomic E-state index is 11.3. The van der Waals surface area contributed by atoms with Gasteiger partial charge in [-0.05, 0) is 24.3 Å². The van der Waals surface area contributed by atoms with Crippen LogP contribution in [0.5, 0.6) is 0 Å². The summed E-state index contributed by atoms with van der Waals surface area (Å²) in [7, 11) is -0.966. The SMILES string of the molecule is CS(=O)CC(O)(c1ccccc1)C1CC1. The molecular formula is C12H16O2S. The fraction of sp³-hybridized carbons (Fsp3) is 0.500. The second kappa shape index (κ2) is 4.06. The van der Waals surface area contributed by atoms with Gasteiger partial charge in [-0.15, -0.1) is 0 Å². The molecule has 82 valence electrons. The molecule has 0 radical (unpaired) electrons. The lowest BCUT2D eigenvalue weighted by atomic mass is 9.91. The van der Waals surface area contributed by atoms with Crippen LogP contribution in [0, 0.1) is 5.92 Å². The van der Waals surface area contributed by atoms with Gasteiger partial charge in [-0.25, -0.2) is 0 Å². The Labute approximate surface area is 92.8 Å². The lowest BCUT2D eigenvalue weighted by Gasteiger charge is -2.27. The molecule has 2 unspecified atom stereocenters. The number of aliphatic hydroxyl groups is 1. The molecule has 15 heavy (non-hydrogen) atoms. The van der Waals surface area contributed by atoms with Gasteiger partial charge in [0.15, 0.2) is 0 Å². The zero-order valence-corrected chi connectivity index (χ0v) is 9.67. The Bertz CT molecular complexity index is 359. The topological polar surface area (TPSA) is 37.3 Å². The first-order valence-corrected chi connectivity index (χ1v) is 6.93. The van der Waals surface area contributed by atoms with E-state index in [4.69, 9.17) is 0 Å². The molecule has 1 aromatic rings. The summed E-state index contributed by atoms with van der Waals surface area (Å²) in [6, 6.07) is 9.61. The third-order valence-electron chi connectivity index (χ3n) is 2.95. The Morgan fingerprint density at radius 2 is 2.00 bits per heavy atom. The van der Waals surface area contributed by atoms with Gasteiger partial charge < -0.3 is 5.11 Å². The lowest BCUT2D eigenvalue weighted by Crippen LogP contribution is -2.34. The zero-order chi connectivity index (χ0) is 10.9. The van der Waals surface area contributed by atoms with E-state index in [0.717, 1.165) is 18.4 Å². The van der Waals surface area contributed by atoms with Crippen LogP contribution in [0.1, 0.15) is 18.4 Å². The van der Waals surface area contributed by atoms with Crippen molar-refractivity contribution in [2.45, 2.75) is 18.4 Å². The maximum Gasteiger partial charge on any atom is 0.104 e. The Balaban J connectivity index is 2.30. The van der Waals surface area contributed by atoms with Crippen molar-refractivity contribution in [1.29, 1.82) is 0 Å². The first kappa shape index (κ1) is 10.8. The Kier molecular flexibility index (Phi) is 2.94. The summed E-state index contributed by atoms with van der Waals surface area (Å²) in [4.78, 5) is 0. The van der Waals surface area contributed by atoms with Crippen molar-refractivity contribution in [1.82, 2.24) is 0 Å². The molecule has 2 atom stereocenters. The fourth-order valence-electron chi connectivity index (χ4n) is 2.03. The minimum Gasteiger partial charge on any atom is -0.384 e. The van der Waals surface area contributed by atoms with Crippen molar-refractivity contribution >= 4 is 10.8 Å². The van der Waals surface area contributed by atoms with Crippen LogP contribution in [0.2, 0.25) is 0 Å². The van der Waals surface area contributed by atoms with E-state index in [1.54, 1.807) is 6.26 Å². The van der Waals surface area contributed by atoms with E-state index in [9.17, 15) is 9.32 Å². The highest BCUT2D eigenvalue weighted by Crippen LogP contribution is 2.46. The molecule has 1 aliphatic carbocycles. The average Bonchev–Trinajstić information content (AvgIpc) is 3.01. The van der Waals surface area contributed by atoms with Crippen LogP contribution in [0.3, 0.4) is 0 Å². The smallest absolute Gasteiger partial charge is 0.104 e. The molecule has 0 spiro atoms. The second-order valence-corrected chi connectivity index (χ2v) is 5.72. The van der Waals surface area contributed by atoms with Gasteiger partial charge in [-0.2, -0.15) is 0 Å². The number of hydrogen-bond acceptors (Lipinski definition) is 2. The van der Waals surface area contributed by atoms with Crippen molar-refractivity contribution in [3.8, 4) is 0 Å². The molecule has 1 saturated carbocycles. The fourth-order valence-corrected chi connectivity index (χ4v) is 3.06. The van der Waals surface area contributed by atoms with E-state index in [2.05, 4.69) is 0 Å². The summed E-state index contributed by atoms with van der Waals surface area (Å²) in [6.45, 7) is 0. The van der Waals surface area contributed by atoms with Crippen molar-refractivity contribution in [3.63, 3.8) is 0 Å². The first-order valence-electron chi connectivity index (χ1n) is 5.21. The van der Waals surface area contributed by atoms with E-state index in [0.29, 0.717) is 11.7 Å². The Hall–Kier alpha value is -0.670. The molecule has 0 amide bonds. The van der Waals surface area contributed by atoms with Crippen molar-refractivity contribution in [2.75, 3.05) is 12.0 Å². The summed E-state index contributed by atoms with van der Waals surface area (Å²) >= 11 is 0. The Morgan fingerprint density at radius 1 is 1.40 bits per heavy atom. The van der Waals surface area contributed by atoms with Gasteiger partial charge in [0, 0.05) is 17.1 Å². The molecule has 1 fully saturated rings. The van der Waals surface area contributed by atoms with Crippen LogP contribution in [0.25, 0.3) is 0 Å². The monoisotopic (exact) mass is 224 g/mol. The summed E-state index contributed by atoms with van der Waals surface area (Å²) in [5.74, 6) is 0.644. The molecular weight excluding hydrogens is 208 g/mol. The molecule has 0 aliphatic heterocycles. The van der Waals surface area contributed by atoms with Crippen LogP contribution >= 0.6 is 0 Å². The zero-order valence-electron chi connectivity index (χ0n) is 8.85. The molecule has 2 rings (SSSR count). The molecule has 1 N–H and O–H groups in total. The molecule has 0 saturated heterocycles. The van der Waals surface area contributed by atoms with Crippen LogP contribution < -0.4 is 0 Å². The highest BCUT2D eigenvalue weighted by atomic mass is 32.2. The maximum absolute atomic E-state index is 11.3. The summed E-state index contributed by atoms with van der Waals surface area (Å²) in [6.07, 6.45) is 3.74. The Morgan fingerprint density at radius 3 is 2.47 bits per heavy atom. The summed E-state index contributed by atoms with van der Waals surface area (Å²) in [5.41, 5.74) is 0.0311. The van der Waals surface area contributed by atoms with Crippen LogP contribution in [-0.4, -0.2) is 21.3 Å². The highest BCUT2D eigenvalue weighted by molar-refractivity contribution is 7.84. The van der Waals surface area contributed by atoms with Crippen LogP contribution in [0.15, 0.2) is 30.3 Å². The van der Waals surface area contributed by atoms with Gasteiger partial charge in [0.2, 0.25) is 0 Å². The number of benzene rings is 1. The third kappa shape index (κ3) is 2.29. The van der Waals surface area contributed by atoms with Gasteiger partial charge in [0.05, 0.1) is 5.75 Å². The molecule has 1 aromatic carbocycles. The molecule has 0 heterocycles. The molecule has 2 nitrogen and oxygen atoms in total. The van der Waals surface area contributed by atoms with E-state index >= 15 is 0 Å². The second-order valence-electron chi connectivity index (χ2n) is 4.28. The number of hydrogen-bond donors (Lipinski definition) is 1. The predicted molar refractivity (Wildman–Crippen MR) is 62.0 cm³/mol. The van der Waals surface area contributed by atoms with Gasteiger partial charge in [-0.1, -0.05) is 30.3 Å². The first-order chi connectivity index (χ1) is 7.13. The normalized spacial score (nSPS) is 22.0. The van der Waals surface area contributed by atoms with Crippen molar-refractivity contribution in [2.24, 2.45) is 5.92 Å². The minimum atomic E-state index is -0.966. The van der Waals surface area contributed by atoms with Gasteiger partial charge in [0.25, 0.3) is 0 Å². The van der Waals surface area contributed by atoms with E-state index in [1.165, 1.54) is 0 Å². The van der Waals surface area contributed by atoms with Gasteiger partial charge in [0.1, 0.15) is 5.60 Å². The third-order valence-corrected chi connectivity index (χ3v) is 3.80. The van der Waals surface area contributed by atoms with Crippen molar-refractivity contribution < 1.29 is 9.32 Å². The van der Waals surface area contributed by atoms with Crippen LogP contribution in [-0.2, 0) is 16.4 Å². The largest absolute Gasteiger partial charge is 0.384 e. The quantitative estimate of drug-likeness (QED) is 0.844. The van der Waals surface area contributed by atoms with Crippen LogP contribution in [0.4, 0.5) is 0 Å². The average molecular weight is 224 g/mol. The van der Waals surface area contributed by atoms with Gasteiger partial charge in [-0.3, -0.25) is 4.21 Å². The highest BCUT2D eigenvalue weighted by Gasteiger charge is 2.45. The molecule has 3 heteroatoms. The van der Waals surface area contributed by atoms with Crippen molar-refractivity contribution in [3.05, 3.63) is 35.9 Å². The molecule has 0 bridgehead atoms. The van der Waals surface area contributed by atoms with Gasteiger partial charge >= 0.3 is 0 Å². The predicted octanol–water partition coefficient (Wildman–Crippen LogP) is 1.66. The molecule has 0 aromatic heterocycles. The lowest BCUT2D eigenvalue weighted by molar-refractivity contribution is 0.0375. The number of rotatable bonds is 4. The molecule has 1 aliphatic rings. The summed E-state index contributed by atoms with van der Waals surface area (Å²) in [5, 5.41) is 10.6. The standard InChI is InChI=1S/C12H16O2S/c1-15(14)9-12(13,11-7-8-11)10-5-3-2-4-6-10/h2-6,11,13H,7-9H2,1H3.